The van der Waals surface area contributed by atoms with Gasteiger partial charge >= 0.3 is 5.97 Å². The van der Waals surface area contributed by atoms with Gasteiger partial charge in [-0.15, -0.1) is 0 Å². The van der Waals surface area contributed by atoms with Gasteiger partial charge in [0, 0.05) is 0 Å². The van der Waals surface area contributed by atoms with Gasteiger partial charge in [0.25, 0.3) is 0 Å². The Bertz CT molecular complexity index is 675. The molecule has 1 aliphatic carbocycles. The van der Waals surface area contributed by atoms with Crippen LogP contribution >= 0.6 is 0 Å². The van der Waals surface area contributed by atoms with Gasteiger partial charge in [-0.25, -0.2) is 0 Å². The maximum Gasteiger partial charge on any atom is 0.310 e. The summed E-state index contributed by atoms with van der Waals surface area (Å²) >= 11 is 0. The van der Waals surface area contributed by atoms with Crippen LogP contribution in [0.4, 0.5) is 0 Å². The van der Waals surface area contributed by atoms with E-state index in [9.17, 15) is 9.90 Å². The molecule has 3 nitrogen and oxygen atoms in total. The fourth-order valence-corrected chi connectivity index (χ4v) is 3.03. The highest BCUT2D eigenvalue weighted by atomic mass is 16.5. The van der Waals surface area contributed by atoms with Crippen LogP contribution in [0.15, 0.2) is 30.3 Å². The molecule has 2 aromatic carbocycles. The van der Waals surface area contributed by atoms with Crippen LogP contribution in [0.2, 0.25) is 0 Å². The maximum absolute atomic E-state index is 11.5. The summed E-state index contributed by atoms with van der Waals surface area (Å²) in [6.45, 7) is 1.82. The first-order chi connectivity index (χ1) is 9.03. The molecule has 0 aromatic heterocycles. The Kier molecular flexibility index (Phi) is 2.52. The highest BCUT2D eigenvalue weighted by Gasteiger charge is 2.37. The van der Waals surface area contributed by atoms with E-state index in [0.717, 1.165) is 22.3 Å². The van der Waals surface area contributed by atoms with Crippen molar-refractivity contribution in [2.75, 3.05) is 7.11 Å². The number of carboxylic acid groups (broad SMARTS) is 1. The van der Waals surface area contributed by atoms with Crippen LogP contribution in [0, 0.1) is 5.41 Å². The predicted octanol–water partition coefficient (Wildman–Crippen LogP) is 3.04. The Morgan fingerprint density at radius 3 is 2.68 bits per heavy atom. The van der Waals surface area contributed by atoms with Gasteiger partial charge in [-0.3, -0.25) is 4.79 Å². The smallest absolute Gasteiger partial charge is 0.310 e. The molecule has 1 N–H and O–H groups in total. The van der Waals surface area contributed by atoms with E-state index in [1.165, 1.54) is 5.39 Å². The summed E-state index contributed by atoms with van der Waals surface area (Å²) in [5, 5.41) is 11.8. The van der Waals surface area contributed by atoms with Crippen LogP contribution in [-0.2, 0) is 17.6 Å². The fourth-order valence-electron chi connectivity index (χ4n) is 3.03. The van der Waals surface area contributed by atoms with Crippen molar-refractivity contribution in [2.45, 2.75) is 19.8 Å². The minimum Gasteiger partial charge on any atom is -0.497 e. The fraction of sp³-hybridized carbons (Fsp3) is 0.312. The maximum atomic E-state index is 11.5. The molecule has 19 heavy (non-hydrogen) atoms. The third-order valence-electron chi connectivity index (χ3n) is 4.03. The number of ether oxygens (including phenoxy) is 1. The summed E-state index contributed by atoms with van der Waals surface area (Å²) in [7, 11) is 1.64. The third-order valence-corrected chi connectivity index (χ3v) is 4.03. The first-order valence-corrected chi connectivity index (χ1v) is 6.35. The lowest BCUT2D eigenvalue weighted by Crippen LogP contribution is -2.34. The molecule has 0 amide bonds. The summed E-state index contributed by atoms with van der Waals surface area (Å²) in [6, 6.07) is 10.0. The Hall–Kier alpha value is -2.03. The Morgan fingerprint density at radius 1 is 1.26 bits per heavy atom. The van der Waals surface area contributed by atoms with Gasteiger partial charge in [0.05, 0.1) is 12.5 Å². The standard InChI is InChI=1S/C16H16O3/c1-16(15(17)18)8-11-5-3-4-10-6-13(19-2)7-12(9-16)14(10)11/h3-7H,8-9H2,1-2H3,(H,17,18). The van der Waals surface area contributed by atoms with E-state index in [4.69, 9.17) is 4.74 Å². The van der Waals surface area contributed by atoms with Gasteiger partial charge in [-0.1, -0.05) is 18.2 Å². The zero-order valence-corrected chi connectivity index (χ0v) is 11.1. The first kappa shape index (κ1) is 12.0. The number of hydrogen-bond donors (Lipinski definition) is 1. The zero-order valence-electron chi connectivity index (χ0n) is 11.1. The Balaban J connectivity index is 2.27. The van der Waals surface area contributed by atoms with Crippen molar-refractivity contribution in [1.82, 2.24) is 0 Å². The lowest BCUT2D eigenvalue weighted by atomic mass is 9.72. The van der Waals surface area contributed by atoms with Gasteiger partial charge in [-0.05, 0) is 53.8 Å². The van der Waals surface area contributed by atoms with Crippen LogP contribution in [0.5, 0.6) is 5.75 Å². The Labute approximate surface area is 111 Å². The van der Waals surface area contributed by atoms with Gasteiger partial charge < -0.3 is 9.84 Å². The van der Waals surface area contributed by atoms with Gasteiger partial charge in [0.15, 0.2) is 0 Å². The molecule has 0 fully saturated rings. The molecule has 0 heterocycles. The average Bonchev–Trinajstić information content (AvgIpc) is 2.38. The molecule has 98 valence electrons. The topological polar surface area (TPSA) is 46.5 Å². The molecular weight excluding hydrogens is 240 g/mol. The van der Waals surface area contributed by atoms with E-state index in [-0.39, 0.29) is 0 Å². The van der Waals surface area contributed by atoms with Crippen molar-refractivity contribution in [3.63, 3.8) is 0 Å². The van der Waals surface area contributed by atoms with E-state index >= 15 is 0 Å². The minimum atomic E-state index is -0.738. The summed E-state index contributed by atoms with van der Waals surface area (Å²) in [4.78, 5) is 11.5. The molecule has 0 aliphatic heterocycles. The molecule has 3 rings (SSSR count). The minimum absolute atomic E-state index is 0.549. The van der Waals surface area contributed by atoms with Crippen molar-refractivity contribution in [2.24, 2.45) is 5.41 Å². The van der Waals surface area contributed by atoms with Crippen LogP contribution in [0.3, 0.4) is 0 Å². The molecule has 0 saturated heterocycles. The number of carboxylic acids is 1. The van der Waals surface area contributed by atoms with Gasteiger partial charge in [-0.2, -0.15) is 0 Å². The van der Waals surface area contributed by atoms with Crippen molar-refractivity contribution in [3.05, 3.63) is 41.5 Å². The van der Waals surface area contributed by atoms with Gasteiger partial charge in [0.2, 0.25) is 0 Å². The lowest BCUT2D eigenvalue weighted by molar-refractivity contribution is -0.147. The van der Waals surface area contributed by atoms with E-state index in [1.807, 2.05) is 37.3 Å². The second-order valence-corrected chi connectivity index (χ2v) is 5.52. The molecule has 0 radical (unpaired) electrons. The SMILES string of the molecule is COc1cc2c3c(cccc3c1)CC(C)(C(=O)O)C2. The first-order valence-electron chi connectivity index (χ1n) is 6.35. The summed E-state index contributed by atoms with van der Waals surface area (Å²) in [5.41, 5.74) is 1.46. The summed E-state index contributed by atoms with van der Waals surface area (Å²) in [6.07, 6.45) is 1.13. The van der Waals surface area contributed by atoms with Crippen molar-refractivity contribution < 1.29 is 14.6 Å². The number of benzene rings is 2. The molecule has 0 saturated carbocycles. The highest BCUT2D eigenvalue weighted by Crippen LogP contribution is 2.40. The number of aliphatic carboxylic acids is 1. The molecule has 0 spiro atoms. The van der Waals surface area contributed by atoms with E-state index < -0.39 is 11.4 Å². The molecule has 1 unspecified atom stereocenters. The monoisotopic (exact) mass is 256 g/mol. The summed E-state index contributed by atoms with van der Waals surface area (Å²) < 4.78 is 5.31. The van der Waals surface area contributed by atoms with E-state index in [2.05, 4.69) is 0 Å². The van der Waals surface area contributed by atoms with Crippen molar-refractivity contribution in [3.8, 4) is 5.75 Å². The van der Waals surface area contributed by atoms with Crippen LogP contribution in [0.25, 0.3) is 10.8 Å². The normalized spacial score (nSPS) is 21.4. The summed E-state index contributed by atoms with van der Waals surface area (Å²) in [5.74, 6) is 0.0484. The largest absolute Gasteiger partial charge is 0.497 e. The Morgan fingerprint density at radius 2 is 2.00 bits per heavy atom. The molecule has 3 heteroatoms. The van der Waals surface area contributed by atoms with Gasteiger partial charge in [0.1, 0.15) is 5.75 Å². The molecular formula is C16H16O3. The van der Waals surface area contributed by atoms with E-state index in [0.29, 0.717) is 12.8 Å². The molecule has 1 atom stereocenters. The predicted molar refractivity (Wildman–Crippen MR) is 73.7 cm³/mol. The molecule has 1 aliphatic rings. The van der Waals surface area contributed by atoms with Crippen LogP contribution in [-0.4, -0.2) is 18.2 Å². The van der Waals surface area contributed by atoms with Crippen LogP contribution in [0.1, 0.15) is 18.1 Å². The quantitative estimate of drug-likeness (QED) is 0.898. The van der Waals surface area contributed by atoms with Crippen molar-refractivity contribution >= 4 is 16.7 Å². The average molecular weight is 256 g/mol. The number of methoxy groups -OCH3 is 1. The number of carbonyl (C=O) groups is 1. The third kappa shape index (κ3) is 1.77. The molecule has 0 bridgehead atoms. The molecule has 2 aromatic rings. The highest BCUT2D eigenvalue weighted by molar-refractivity contribution is 5.93. The zero-order chi connectivity index (χ0) is 13.6. The second-order valence-electron chi connectivity index (χ2n) is 5.52. The second kappa shape index (κ2) is 3.98. The number of rotatable bonds is 2. The number of hydrogen-bond acceptors (Lipinski definition) is 2. The van der Waals surface area contributed by atoms with Crippen molar-refractivity contribution in [1.29, 1.82) is 0 Å². The van der Waals surface area contributed by atoms with E-state index in [1.54, 1.807) is 7.11 Å². The van der Waals surface area contributed by atoms with Crippen LogP contribution < -0.4 is 4.74 Å². The lowest BCUT2D eigenvalue weighted by Gasteiger charge is -2.31.